The number of nitrogens with one attached hydrogen (secondary N) is 1. The lowest BCUT2D eigenvalue weighted by atomic mass is 10.1. The number of halogens is 1. The van der Waals surface area contributed by atoms with Crippen molar-refractivity contribution in [3.05, 3.63) is 71.4 Å². The highest BCUT2D eigenvalue weighted by atomic mass is 19.1. The standard InChI is InChI=1S/C23H28FN7/c1-15(2)14-20(25-4)27-22-19-8-7-13-31(19)29-23(28-22)21(26-16(3)30(5)6)17-9-11-18(24)12-10-17/h7-14,21H,1-6H3,(H,25,27,28,29). The molecule has 0 saturated heterocycles. The summed E-state index contributed by atoms with van der Waals surface area (Å²) in [6.45, 7) is 5.93. The summed E-state index contributed by atoms with van der Waals surface area (Å²) in [5, 5.41) is 8.00. The lowest BCUT2D eigenvalue weighted by Gasteiger charge is -2.18. The average Bonchev–Trinajstić information content (AvgIpc) is 3.20. The Hall–Kier alpha value is -3.55. The van der Waals surface area contributed by atoms with Gasteiger partial charge in [0.25, 0.3) is 0 Å². The van der Waals surface area contributed by atoms with Crippen LogP contribution >= 0.6 is 0 Å². The molecule has 1 aromatic carbocycles. The summed E-state index contributed by atoms with van der Waals surface area (Å²) >= 11 is 0. The smallest absolute Gasteiger partial charge is 0.180 e. The van der Waals surface area contributed by atoms with Gasteiger partial charge in [0.15, 0.2) is 11.6 Å². The summed E-state index contributed by atoms with van der Waals surface area (Å²) < 4.78 is 15.3. The molecule has 0 aliphatic rings. The molecule has 162 valence electrons. The Morgan fingerprint density at radius 2 is 1.87 bits per heavy atom. The Bertz CT molecular complexity index is 1140. The third-order valence-corrected chi connectivity index (χ3v) is 4.71. The molecule has 1 N–H and O–H groups in total. The van der Waals surface area contributed by atoms with Crippen molar-refractivity contribution in [2.24, 2.45) is 9.98 Å². The predicted octanol–water partition coefficient (Wildman–Crippen LogP) is 4.34. The maximum atomic E-state index is 13.6. The van der Waals surface area contributed by atoms with Crippen molar-refractivity contribution in [3.8, 4) is 0 Å². The molecule has 0 fully saturated rings. The molecule has 0 saturated carbocycles. The van der Waals surface area contributed by atoms with Crippen LogP contribution in [0.1, 0.15) is 38.2 Å². The lowest BCUT2D eigenvalue weighted by molar-refractivity contribution is 0.601. The zero-order chi connectivity index (χ0) is 22.5. The van der Waals surface area contributed by atoms with Crippen LogP contribution in [0.5, 0.6) is 0 Å². The van der Waals surface area contributed by atoms with Gasteiger partial charge in [-0.05, 0) is 56.7 Å². The van der Waals surface area contributed by atoms with E-state index in [1.807, 2.05) is 64.2 Å². The van der Waals surface area contributed by atoms with Gasteiger partial charge in [-0.3, -0.25) is 9.98 Å². The van der Waals surface area contributed by atoms with Crippen LogP contribution in [0.4, 0.5) is 10.2 Å². The first kappa shape index (κ1) is 22.1. The third-order valence-electron chi connectivity index (χ3n) is 4.71. The minimum atomic E-state index is -0.499. The first-order chi connectivity index (χ1) is 14.8. The van der Waals surface area contributed by atoms with Gasteiger partial charge in [0.2, 0.25) is 0 Å². The Labute approximate surface area is 182 Å². The zero-order valence-corrected chi connectivity index (χ0v) is 18.8. The first-order valence-electron chi connectivity index (χ1n) is 9.99. The van der Waals surface area contributed by atoms with Gasteiger partial charge in [0.05, 0.1) is 5.84 Å². The number of amidine groups is 2. The quantitative estimate of drug-likeness (QED) is 0.491. The fraction of sp³-hybridized carbons (Fsp3) is 0.304. The van der Waals surface area contributed by atoms with Gasteiger partial charge in [0, 0.05) is 27.3 Å². The SMILES string of the molecule is CN=C(C=C(C)C)Nc1nc(C(N=C(C)N(C)C)c2ccc(F)cc2)nn2cccc12. The molecule has 3 aromatic rings. The number of anilines is 1. The van der Waals surface area contributed by atoms with Crippen molar-refractivity contribution in [3.63, 3.8) is 0 Å². The van der Waals surface area contributed by atoms with E-state index in [2.05, 4.69) is 10.3 Å². The van der Waals surface area contributed by atoms with E-state index in [-0.39, 0.29) is 5.82 Å². The van der Waals surface area contributed by atoms with E-state index in [1.165, 1.54) is 12.1 Å². The highest BCUT2D eigenvalue weighted by Crippen LogP contribution is 2.27. The van der Waals surface area contributed by atoms with E-state index >= 15 is 0 Å². The first-order valence-corrected chi connectivity index (χ1v) is 9.99. The van der Waals surface area contributed by atoms with Crippen molar-refractivity contribution >= 4 is 23.0 Å². The number of hydrogen-bond donors (Lipinski definition) is 1. The molecular weight excluding hydrogens is 393 g/mol. The Morgan fingerprint density at radius 3 is 2.48 bits per heavy atom. The van der Waals surface area contributed by atoms with Crippen molar-refractivity contribution < 1.29 is 4.39 Å². The minimum absolute atomic E-state index is 0.300. The molecule has 0 spiro atoms. The number of nitrogens with zero attached hydrogens (tertiary/aromatic N) is 6. The fourth-order valence-electron chi connectivity index (χ4n) is 2.94. The van der Waals surface area contributed by atoms with Crippen LogP contribution in [-0.2, 0) is 0 Å². The molecule has 0 aliphatic carbocycles. The van der Waals surface area contributed by atoms with E-state index in [9.17, 15) is 4.39 Å². The molecule has 2 heterocycles. The molecule has 3 rings (SSSR count). The summed E-state index contributed by atoms with van der Waals surface area (Å²) in [5.74, 6) is 2.31. The molecule has 0 amide bonds. The number of fused-ring (bicyclic) bond motifs is 1. The van der Waals surface area contributed by atoms with Crippen LogP contribution in [0.3, 0.4) is 0 Å². The van der Waals surface area contributed by atoms with Crippen LogP contribution in [0, 0.1) is 5.82 Å². The maximum Gasteiger partial charge on any atom is 0.180 e. The van der Waals surface area contributed by atoms with Crippen LogP contribution in [0.25, 0.3) is 5.52 Å². The van der Waals surface area contributed by atoms with E-state index in [4.69, 9.17) is 15.1 Å². The second-order valence-electron chi connectivity index (χ2n) is 7.64. The van der Waals surface area contributed by atoms with Crippen molar-refractivity contribution in [2.75, 3.05) is 26.5 Å². The van der Waals surface area contributed by atoms with Crippen molar-refractivity contribution in [2.45, 2.75) is 26.8 Å². The van der Waals surface area contributed by atoms with Crippen molar-refractivity contribution in [1.29, 1.82) is 0 Å². The minimum Gasteiger partial charge on any atom is -0.367 e. The second kappa shape index (κ2) is 9.51. The maximum absolute atomic E-state index is 13.6. The summed E-state index contributed by atoms with van der Waals surface area (Å²) in [6.07, 6.45) is 3.81. The molecule has 1 atom stereocenters. The van der Waals surface area contributed by atoms with Crippen LogP contribution in [-0.4, -0.2) is 52.3 Å². The van der Waals surface area contributed by atoms with Crippen molar-refractivity contribution in [1.82, 2.24) is 19.5 Å². The largest absolute Gasteiger partial charge is 0.367 e. The lowest BCUT2D eigenvalue weighted by Crippen LogP contribution is -2.21. The van der Waals surface area contributed by atoms with Gasteiger partial charge in [-0.15, -0.1) is 5.10 Å². The van der Waals surface area contributed by atoms with E-state index < -0.39 is 6.04 Å². The number of rotatable bonds is 5. The van der Waals surface area contributed by atoms with E-state index in [0.717, 1.165) is 22.5 Å². The molecule has 2 aromatic heterocycles. The van der Waals surface area contributed by atoms with Crippen LogP contribution in [0.15, 0.2) is 64.2 Å². The van der Waals surface area contributed by atoms with Gasteiger partial charge in [-0.25, -0.2) is 13.9 Å². The molecule has 0 radical (unpaired) electrons. The van der Waals surface area contributed by atoms with Crippen LogP contribution < -0.4 is 5.32 Å². The fourth-order valence-corrected chi connectivity index (χ4v) is 2.94. The van der Waals surface area contributed by atoms with E-state index in [1.54, 1.807) is 23.7 Å². The van der Waals surface area contributed by atoms with Gasteiger partial charge in [0.1, 0.15) is 23.2 Å². The second-order valence-corrected chi connectivity index (χ2v) is 7.64. The molecule has 7 nitrogen and oxygen atoms in total. The van der Waals surface area contributed by atoms with Gasteiger partial charge in [-0.2, -0.15) is 0 Å². The summed E-state index contributed by atoms with van der Waals surface area (Å²) in [5.41, 5.74) is 2.73. The highest BCUT2D eigenvalue weighted by molar-refractivity contribution is 6.05. The summed E-state index contributed by atoms with van der Waals surface area (Å²) in [6, 6.07) is 9.61. The topological polar surface area (TPSA) is 70.2 Å². The Kier molecular flexibility index (Phi) is 6.79. The number of aromatic nitrogens is 3. The molecule has 8 heteroatoms. The van der Waals surface area contributed by atoms with Gasteiger partial charge in [-0.1, -0.05) is 17.7 Å². The predicted molar refractivity (Wildman–Crippen MR) is 124 cm³/mol. The van der Waals surface area contributed by atoms with E-state index in [0.29, 0.717) is 17.5 Å². The summed E-state index contributed by atoms with van der Waals surface area (Å²) in [7, 11) is 5.57. The molecule has 0 aliphatic heterocycles. The van der Waals surface area contributed by atoms with Gasteiger partial charge >= 0.3 is 0 Å². The third kappa shape index (κ3) is 5.33. The molecule has 0 bridgehead atoms. The number of hydrogen-bond acceptors (Lipinski definition) is 4. The van der Waals surface area contributed by atoms with Gasteiger partial charge < -0.3 is 10.2 Å². The number of allylic oxidation sites excluding steroid dienone is 1. The van der Waals surface area contributed by atoms with Crippen LogP contribution in [0.2, 0.25) is 0 Å². The monoisotopic (exact) mass is 421 g/mol. The Balaban J connectivity index is 2.16. The normalized spacial score (nSPS) is 13.3. The highest BCUT2D eigenvalue weighted by Gasteiger charge is 2.20. The average molecular weight is 422 g/mol. The molecular formula is C23H28FN7. The molecule has 1 unspecified atom stereocenters. The summed E-state index contributed by atoms with van der Waals surface area (Å²) in [4.78, 5) is 15.9. The Morgan fingerprint density at radius 1 is 1.16 bits per heavy atom. The number of benzene rings is 1. The molecule has 31 heavy (non-hydrogen) atoms. The zero-order valence-electron chi connectivity index (χ0n) is 18.8. The number of aliphatic imine (C=N–C) groups is 2.